The maximum Gasteiger partial charge on any atom is 0.105 e. The first kappa shape index (κ1) is 12.0. The highest BCUT2D eigenvalue weighted by molar-refractivity contribution is 5.71. The molecule has 2 aromatic carbocycles. The molecule has 1 unspecified atom stereocenters. The van der Waals surface area contributed by atoms with E-state index in [9.17, 15) is 0 Å². The standard InChI is InChI=1S/C18H18O/c1-14-13-19-17(12-15-8-4-2-5-9-15)18(14)16-10-6-3-7-11-16/h2-11,14H,12-13H2,1H3. The van der Waals surface area contributed by atoms with Crippen LogP contribution < -0.4 is 0 Å². The van der Waals surface area contributed by atoms with Crippen LogP contribution in [-0.2, 0) is 11.2 Å². The van der Waals surface area contributed by atoms with Crippen LogP contribution in [0.15, 0.2) is 66.4 Å². The summed E-state index contributed by atoms with van der Waals surface area (Å²) in [5, 5.41) is 0. The minimum Gasteiger partial charge on any atom is -0.497 e. The molecule has 1 nitrogen and oxygen atoms in total. The maximum absolute atomic E-state index is 5.92. The molecule has 0 spiro atoms. The molecule has 0 saturated carbocycles. The second kappa shape index (κ2) is 5.31. The van der Waals surface area contributed by atoms with Crippen LogP contribution in [0.3, 0.4) is 0 Å². The van der Waals surface area contributed by atoms with Crippen LogP contribution >= 0.6 is 0 Å². The van der Waals surface area contributed by atoms with Crippen molar-refractivity contribution in [3.8, 4) is 0 Å². The van der Waals surface area contributed by atoms with Crippen molar-refractivity contribution < 1.29 is 4.74 Å². The molecule has 0 fully saturated rings. The van der Waals surface area contributed by atoms with Gasteiger partial charge in [0, 0.05) is 17.9 Å². The van der Waals surface area contributed by atoms with Crippen molar-refractivity contribution in [2.24, 2.45) is 5.92 Å². The van der Waals surface area contributed by atoms with E-state index in [2.05, 4.69) is 61.5 Å². The lowest BCUT2D eigenvalue weighted by Gasteiger charge is -2.09. The predicted octanol–water partition coefficient (Wildman–Crippen LogP) is 4.31. The molecule has 2 aromatic rings. The topological polar surface area (TPSA) is 9.23 Å². The lowest BCUT2D eigenvalue weighted by Crippen LogP contribution is -1.97. The van der Waals surface area contributed by atoms with E-state index in [0.717, 1.165) is 18.8 Å². The van der Waals surface area contributed by atoms with Gasteiger partial charge in [0.15, 0.2) is 0 Å². The Hall–Kier alpha value is -2.02. The Morgan fingerprint density at radius 3 is 2.26 bits per heavy atom. The minimum atomic E-state index is 0.473. The average Bonchev–Trinajstić information content (AvgIpc) is 2.82. The third-order valence-corrected chi connectivity index (χ3v) is 3.59. The van der Waals surface area contributed by atoms with E-state index in [1.807, 2.05) is 6.07 Å². The number of hydrogen-bond donors (Lipinski definition) is 0. The number of rotatable bonds is 3. The Kier molecular flexibility index (Phi) is 3.37. The fourth-order valence-corrected chi connectivity index (χ4v) is 2.65. The number of benzene rings is 2. The van der Waals surface area contributed by atoms with Crippen LogP contribution in [0.25, 0.3) is 5.57 Å². The van der Waals surface area contributed by atoms with Crippen molar-refractivity contribution in [1.29, 1.82) is 0 Å². The monoisotopic (exact) mass is 250 g/mol. The zero-order chi connectivity index (χ0) is 13.1. The third kappa shape index (κ3) is 2.55. The van der Waals surface area contributed by atoms with Crippen LogP contribution in [0.2, 0.25) is 0 Å². The zero-order valence-electron chi connectivity index (χ0n) is 11.2. The Balaban J connectivity index is 1.95. The summed E-state index contributed by atoms with van der Waals surface area (Å²) in [4.78, 5) is 0. The van der Waals surface area contributed by atoms with Gasteiger partial charge < -0.3 is 4.74 Å². The summed E-state index contributed by atoms with van der Waals surface area (Å²) in [6, 6.07) is 21.1. The Labute approximate surface area is 114 Å². The summed E-state index contributed by atoms with van der Waals surface area (Å²) in [6.07, 6.45) is 0.884. The van der Waals surface area contributed by atoms with E-state index in [4.69, 9.17) is 4.74 Å². The van der Waals surface area contributed by atoms with Crippen LogP contribution in [0.5, 0.6) is 0 Å². The van der Waals surface area contributed by atoms with E-state index < -0.39 is 0 Å². The summed E-state index contributed by atoms with van der Waals surface area (Å²) in [5.74, 6) is 1.60. The normalized spacial score (nSPS) is 18.5. The first-order valence-electron chi connectivity index (χ1n) is 6.80. The average molecular weight is 250 g/mol. The van der Waals surface area contributed by atoms with E-state index in [-0.39, 0.29) is 0 Å². The van der Waals surface area contributed by atoms with Crippen molar-refractivity contribution in [2.75, 3.05) is 6.61 Å². The highest BCUT2D eigenvalue weighted by atomic mass is 16.5. The van der Waals surface area contributed by atoms with Crippen molar-refractivity contribution in [3.63, 3.8) is 0 Å². The molecule has 19 heavy (non-hydrogen) atoms. The molecular weight excluding hydrogens is 232 g/mol. The summed E-state index contributed by atoms with van der Waals surface area (Å²) in [5.41, 5.74) is 3.96. The van der Waals surface area contributed by atoms with Gasteiger partial charge in [0.05, 0.1) is 6.61 Å². The second-order valence-electron chi connectivity index (χ2n) is 5.08. The molecule has 0 saturated heterocycles. The quantitative estimate of drug-likeness (QED) is 0.789. The number of ether oxygens (including phenoxy) is 1. The molecule has 3 rings (SSSR count). The Bertz CT molecular complexity index is 569. The smallest absolute Gasteiger partial charge is 0.105 e. The number of hydrogen-bond acceptors (Lipinski definition) is 1. The number of allylic oxidation sites excluding steroid dienone is 1. The predicted molar refractivity (Wildman–Crippen MR) is 78.6 cm³/mol. The SMILES string of the molecule is CC1COC(Cc2ccccc2)=C1c1ccccc1. The largest absolute Gasteiger partial charge is 0.497 e. The molecule has 1 aliphatic heterocycles. The van der Waals surface area contributed by atoms with Crippen LogP contribution in [0.4, 0.5) is 0 Å². The van der Waals surface area contributed by atoms with Crippen LogP contribution in [0, 0.1) is 5.92 Å². The molecule has 0 amide bonds. The molecule has 1 aliphatic rings. The molecule has 1 heteroatoms. The first-order chi connectivity index (χ1) is 9.34. The van der Waals surface area contributed by atoms with E-state index in [1.165, 1.54) is 16.7 Å². The molecule has 0 N–H and O–H groups in total. The molecule has 0 bridgehead atoms. The van der Waals surface area contributed by atoms with E-state index in [0.29, 0.717) is 5.92 Å². The van der Waals surface area contributed by atoms with Gasteiger partial charge in [-0.2, -0.15) is 0 Å². The summed E-state index contributed by atoms with van der Waals surface area (Å²) < 4.78 is 5.92. The van der Waals surface area contributed by atoms with Crippen molar-refractivity contribution in [1.82, 2.24) is 0 Å². The minimum absolute atomic E-state index is 0.473. The van der Waals surface area contributed by atoms with E-state index >= 15 is 0 Å². The molecule has 96 valence electrons. The molecule has 0 aromatic heterocycles. The third-order valence-electron chi connectivity index (χ3n) is 3.59. The van der Waals surface area contributed by atoms with Crippen molar-refractivity contribution in [3.05, 3.63) is 77.5 Å². The Morgan fingerprint density at radius 2 is 1.58 bits per heavy atom. The maximum atomic E-state index is 5.92. The lowest BCUT2D eigenvalue weighted by atomic mass is 9.93. The highest BCUT2D eigenvalue weighted by Gasteiger charge is 2.24. The van der Waals surface area contributed by atoms with Gasteiger partial charge in [0.2, 0.25) is 0 Å². The van der Waals surface area contributed by atoms with Gasteiger partial charge in [-0.1, -0.05) is 67.6 Å². The van der Waals surface area contributed by atoms with Gasteiger partial charge in [-0.3, -0.25) is 0 Å². The van der Waals surface area contributed by atoms with Crippen molar-refractivity contribution in [2.45, 2.75) is 13.3 Å². The summed E-state index contributed by atoms with van der Waals surface area (Å²) in [7, 11) is 0. The molecule has 0 aliphatic carbocycles. The first-order valence-corrected chi connectivity index (χ1v) is 6.80. The highest BCUT2D eigenvalue weighted by Crippen LogP contribution is 2.35. The summed E-state index contributed by atoms with van der Waals surface area (Å²) in [6.45, 7) is 3.03. The zero-order valence-corrected chi connectivity index (χ0v) is 11.2. The Morgan fingerprint density at radius 1 is 0.947 bits per heavy atom. The molecule has 1 heterocycles. The lowest BCUT2D eigenvalue weighted by molar-refractivity contribution is 0.218. The van der Waals surface area contributed by atoms with E-state index in [1.54, 1.807) is 0 Å². The molecule has 0 radical (unpaired) electrons. The molecular formula is C18H18O. The van der Waals surface area contributed by atoms with Gasteiger partial charge in [0.25, 0.3) is 0 Å². The fourth-order valence-electron chi connectivity index (χ4n) is 2.65. The van der Waals surface area contributed by atoms with Gasteiger partial charge in [-0.25, -0.2) is 0 Å². The fraction of sp³-hybridized carbons (Fsp3) is 0.222. The van der Waals surface area contributed by atoms with Gasteiger partial charge in [-0.15, -0.1) is 0 Å². The van der Waals surface area contributed by atoms with Crippen LogP contribution in [-0.4, -0.2) is 6.61 Å². The van der Waals surface area contributed by atoms with Gasteiger partial charge in [-0.05, 0) is 11.1 Å². The van der Waals surface area contributed by atoms with Gasteiger partial charge in [0.1, 0.15) is 5.76 Å². The molecule has 1 atom stereocenters. The van der Waals surface area contributed by atoms with Crippen LogP contribution in [0.1, 0.15) is 18.1 Å². The second-order valence-corrected chi connectivity index (χ2v) is 5.08. The van der Waals surface area contributed by atoms with Gasteiger partial charge >= 0.3 is 0 Å². The van der Waals surface area contributed by atoms with Crippen molar-refractivity contribution >= 4 is 5.57 Å². The summed E-state index contributed by atoms with van der Waals surface area (Å²) >= 11 is 0.